The van der Waals surface area contributed by atoms with Crippen LogP contribution in [0.2, 0.25) is 5.02 Å². The van der Waals surface area contributed by atoms with Crippen molar-refractivity contribution in [1.82, 2.24) is 9.55 Å². The van der Waals surface area contributed by atoms with Gasteiger partial charge in [-0.1, -0.05) is 24.2 Å². The summed E-state index contributed by atoms with van der Waals surface area (Å²) in [5.74, 6) is -1.36. The van der Waals surface area contributed by atoms with Crippen molar-refractivity contribution in [1.29, 1.82) is 0 Å². The summed E-state index contributed by atoms with van der Waals surface area (Å²) in [4.78, 5) is 27.9. The lowest BCUT2D eigenvalue weighted by Gasteiger charge is -2.17. The number of nitrogen functional groups attached to an aromatic ring is 1. The second-order valence-corrected chi connectivity index (χ2v) is 5.34. The summed E-state index contributed by atoms with van der Waals surface area (Å²) >= 11 is 6.09. The van der Waals surface area contributed by atoms with Gasteiger partial charge in [0.15, 0.2) is 5.69 Å². The first-order valence-corrected chi connectivity index (χ1v) is 7.59. The van der Waals surface area contributed by atoms with E-state index < -0.39 is 34.9 Å². The number of ether oxygens (including phenoxy) is 1. The van der Waals surface area contributed by atoms with Gasteiger partial charge in [0, 0.05) is 6.20 Å². The number of aromatic nitrogens is 2. The molecule has 10 heteroatoms. The lowest BCUT2D eigenvalue weighted by Crippen LogP contribution is -2.28. The Labute approximate surface area is 150 Å². The van der Waals surface area contributed by atoms with E-state index in [0.717, 1.165) is 6.20 Å². The molecule has 0 saturated carbocycles. The number of hydrogen-bond acceptors (Lipinski definition) is 5. The summed E-state index contributed by atoms with van der Waals surface area (Å²) in [5.41, 5.74) is 1.08. The van der Waals surface area contributed by atoms with Gasteiger partial charge in [-0.15, -0.1) is 0 Å². The van der Waals surface area contributed by atoms with Crippen LogP contribution in [0, 0.1) is 0 Å². The quantitative estimate of drug-likeness (QED) is 0.812. The van der Waals surface area contributed by atoms with Crippen LogP contribution in [-0.2, 0) is 10.9 Å². The second kappa shape index (κ2) is 7.20. The van der Waals surface area contributed by atoms with Crippen molar-refractivity contribution in [2.24, 2.45) is 0 Å². The highest BCUT2D eigenvalue weighted by molar-refractivity contribution is 6.34. The first kappa shape index (κ1) is 19.5. The molecule has 0 aliphatic carbocycles. The molecule has 0 fully saturated rings. The Morgan fingerprint density at radius 1 is 1.46 bits per heavy atom. The van der Waals surface area contributed by atoms with Gasteiger partial charge in [0.05, 0.1) is 22.8 Å². The Hall–Kier alpha value is -2.81. The van der Waals surface area contributed by atoms with Gasteiger partial charge in [0.2, 0.25) is 0 Å². The molecule has 1 heterocycles. The number of carbonyl (C=O) groups is 1. The number of hydrogen-bond donors (Lipinski definition) is 1. The predicted molar refractivity (Wildman–Crippen MR) is 90.7 cm³/mol. The Bertz CT molecular complexity index is 939. The molecule has 0 aliphatic rings. The first-order chi connectivity index (χ1) is 12.1. The largest absolute Gasteiger partial charge is 0.462 e. The van der Waals surface area contributed by atoms with Crippen molar-refractivity contribution in [2.45, 2.75) is 13.1 Å². The number of nitrogens with two attached hydrogens (primary N) is 1. The summed E-state index contributed by atoms with van der Waals surface area (Å²) in [6, 6.07) is 4.04. The van der Waals surface area contributed by atoms with Crippen LogP contribution in [0.3, 0.4) is 0 Å². The van der Waals surface area contributed by atoms with Crippen molar-refractivity contribution < 1.29 is 22.7 Å². The summed E-state index contributed by atoms with van der Waals surface area (Å²) in [6.07, 6.45) is -4.05. The topological polar surface area (TPSA) is 87.2 Å². The van der Waals surface area contributed by atoms with Crippen LogP contribution >= 0.6 is 11.6 Å². The molecule has 138 valence electrons. The number of halogens is 4. The van der Waals surface area contributed by atoms with Crippen molar-refractivity contribution in [3.05, 3.63) is 51.4 Å². The van der Waals surface area contributed by atoms with E-state index in [4.69, 9.17) is 22.1 Å². The maximum Gasteiger partial charge on any atom is 0.435 e. The summed E-state index contributed by atoms with van der Waals surface area (Å²) < 4.78 is 45.2. The standard InChI is InChI=1S/C16H13ClF3N3O3/c1-3-23-13(22-12(16(18,19)20)11(21)14(23)24)10-8(15(25)26-4-2)6-5-7-9(10)17/h3,5-7H,1,4,21H2,2H3. The number of carbonyl (C=O) groups excluding carboxylic acids is 1. The van der Waals surface area contributed by atoms with Crippen LogP contribution in [-0.4, -0.2) is 22.1 Å². The van der Waals surface area contributed by atoms with E-state index in [1.165, 1.54) is 18.2 Å². The summed E-state index contributed by atoms with van der Waals surface area (Å²) in [5, 5.41) is -0.101. The third-order valence-electron chi connectivity index (χ3n) is 3.33. The van der Waals surface area contributed by atoms with E-state index in [-0.39, 0.29) is 22.8 Å². The smallest absolute Gasteiger partial charge is 0.435 e. The third-order valence-corrected chi connectivity index (χ3v) is 3.65. The molecule has 1 aromatic heterocycles. The zero-order chi connectivity index (χ0) is 19.6. The fraction of sp³-hybridized carbons (Fsp3) is 0.188. The molecule has 0 unspecified atom stereocenters. The van der Waals surface area contributed by atoms with E-state index >= 15 is 0 Å². The normalized spacial score (nSPS) is 11.3. The average molecular weight is 388 g/mol. The fourth-order valence-electron chi connectivity index (χ4n) is 2.24. The van der Waals surface area contributed by atoms with Crippen molar-refractivity contribution in [3.8, 4) is 11.4 Å². The molecule has 0 radical (unpaired) electrons. The fourth-order valence-corrected chi connectivity index (χ4v) is 2.50. The first-order valence-electron chi connectivity index (χ1n) is 7.21. The van der Waals surface area contributed by atoms with Gasteiger partial charge >= 0.3 is 12.1 Å². The summed E-state index contributed by atoms with van der Waals surface area (Å²) in [6.45, 7) is 4.97. The van der Waals surface area contributed by atoms with E-state index in [2.05, 4.69) is 11.6 Å². The summed E-state index contributed by atoms with van der Waals surface area (Å²) in [7, 11) is 0. The maximum absolute atomic E-state index is 13.2. The van der Waals surface area contributed by atoms with Gasteiger partial charge < -0.3 is 10.5 Å². The molecule has 2 N–H and O–H groups in total. The highest BCUT2D eigenvalue weighted by Gasteiger charge is 2.38. The van der Waals surface area contributed by atoms with E-state index in [0.29, 0.717) is 4.57 Å². The van der Waals surface area contributed by atoms with Gasteiger partial charge in [-0.3, -0.25) is 9.36 Å². The number of rotatable bonds is 4. The number of anilines is 1. The van der Waals surface area contributed by atoms with Crippen LogP contribution in [0.15, 0.2) is 29.6 Å². The molecule has 0 atom stereocenters. The minimum absolute atomic E-state index is 0.0298. The second-order valence-electron chi connectivity index (χ2n) is 4.94. The van der Waals surface area contributed by atoms with Crippen molar-refractivity contribution in [2.75, 3.05) is 12.3 Å². The zero-order valence-corrected chi connectivity index (χ0v) is 14.2. The van der Waals surface area contributed by atoms with E-state index in [9.17, 15) is 22.8 Å². The van der Waals surface area contributed by atoms with Gasteiger partial charge in [-0.2, -0.15) is 13.2 Å². The van der Waals surface area contributed by atoms with Gasteiger partial charge in [0.1, 0.15) is 11.5 Å². The Kier molecular flexibility index (Phi) is 5.41. The number of nitrogens with zero attached hydrogens (tertiary/aromatic N) is 2. The molecule has 0 spiro atoms. The van der Waals surface area contributed by atoms with Gasteiger partial charge in [0.25, 0.3) is 5.56 Å². The number of alkyl halides is 3. The van der Waals surface area contributed by atoms with E-state index in [1.54, 1.807) is 6.92 Å². The molecule has 0 bridgehead atoms. The molecule has 0 aliphatic heterocycles. The minimum atomic E-state index is -4.98. The Balaban J connectivity index is 2.93. The predicted octanol–water partition coefficient (Wildman–Crippen LogP) is 3.44. The van der Waals surface area contributed by atoms with Crippen molar-refractivity contribution >= 4 is 29.5 Å². The molecule has 0 saturated heterocycles. The van der Waals surface area contributed by atoms with Crippen LogP contribution in [0.5, 0.6) is 0 Å². The molecular weight excluding hydrogens is 375 g/mol. The van der Waals surface area contributed by atoms with Crippen molar-refractivity contribution in [3.63, 3.8) is 0 Å². The van der Waals surface area contributed by atoms with E-state index in [1.807, 2.05) is 0 Å². The number of benzene rings is 1. The maximum atomic E-state index is 13.2. The monoisotopic (exact) mass is 387 g/mol. The molecule has 26 heavy (non-hydrogen) atoms. The highest BCUT2D eigenvalue weighted by atomic mass is 35.5. The molecule has 0 amide bonds. The Morgan fingerprint density at radius 2 is 2.12 bits per heavy atom. The highest BCUT2D eigenvalue weighted by Crippen LogP contribution is 2.35. The molecular formula is C16H13ClF3N3O3. The number of esters is 1. The van der Waals surface area contributed by atoms with Gasteiger partial charge in [-0.25, -0.2) is 9.78 Å². The van der Waals surface area contributed by atoms with Crippen LogP contribution in [0.1, 0.15) is 23.0 Å². The lowest BCUT2D eigenvalue weighted by molar-refractivity contribution is -0.140. The molecule has 2 rings (SSSR count). The third kappa shape index (κ3) is 3.43. The molecule has 1 aromatic carbocycles. The molecule has 2 aromatic rings. The SMILES string of the molecule is C=Cn1c(-c2c(Cl)cccc2C(=O)OCC)nc(C(F)(F)F)c(N)c1=O. The zero-order valence-electron chi connectivity index (χ0n) is 13.4. The molecule has 6 nitrogen and oxygen atoms in total. The minimum Gasteiger partial charge on any atom is -0.462 e. The lowest BCUT2D eigenvalue weighted by atomic mass is 10.1. The van der Waals surface area contributed by atoms with Crippen LogP contribution < -0.4 is 11.3 Å². The van der Waals surface area contributed by atoms with Crippen LogP contribution in [0.4, 0.5) is 18.9 Å². The van der Waals surface area contributed by atoms with Crippen LogP contribution in [0.25, 0.3) is 17.6 Å². The van der Waals surface area contributed by atoms with Gasteiger partial charge in [-0.05, 0) is 19.1 Å². The average Bonchev–Trinajstić information content (AvgIpc) is 2.56. The Morgan fingerprint density at radius 3 is 2.65 bits per heavy atom.